The van der Waals surface area contributed by atoms with Crippen LogP contribution in [0.1, 0.15) is 25.8 Å². The van der Waals surface area contributed by atoms with Crippen molar-refractivity contribution in [3.05, 3.63) is 39.9 Å². The van der Waals surface area contributed by atoms with Crippen LogP contribution in [0.5, 0.6) is 0 Å². The molecule has 0 fully saturated rings. The molecule has 0 saturated carbocycles. The Balaban J connectivity index is 2.67. The van der Waals surface area contributed by atoms with Crippen molar-refractivity contribution in [2.45, 2.75) is 32.9 Å². The fraction of sp³-hybridized carbons (Fsp3) is 0.462. The lowest BCUT2D eigenvalue weighted by molar-refractivity contribution is -0.385. The van der Waals surface area contributed by atoms with Crippen LogP contribution in [0.2, 0.25) is 0 Å². The molecular weight excluding hydrogens is 246 g/mol. The second-order valence-electron chi connectivity index (χ2n) is 4.51. The summed E-state index contributed by atoms with van der Waals surface area (Å²) in [5.41, 5.74) is 6.26. The highest BCUT2D eigenvalue weighted by molar-refractivity contribution is 5.81. The molecule has 1 rings (SSSR count). The van der Waals surface area contributed by atoms with E-state index in [1.54, 1.807) is 18.2 Å². The van der Waals surface area contributed by atoms with E-state index < -0.39 is 11.0 Å². The first-order chi connectivity index (χ1) is 8.97. The van der Waals surface area contributed by atoms with E-state index in [0.717, 1.165) is 6.42 Å². The summed E-state index contributed by atoms with van der Waals surface area (Å²) in [7, 11) is 0. The van der Waals surface area contributed by atoms with Gasteiger partial charge in [-0.2, -0.15) is 0 Å². The summed E-state index contributed by atoms with van der Waals surface area (Å²) in [6.07, 6.45) is 0.806. The van der Waals surface area contributed by atoms with Crippen LogP contribution in [-0.2, 0) is 11.3 Å². The number of nitrogens with two attached hydrogens (primary N) is 1. The van der Waals surface area contributed by atoms with Crippen molar-refractivity contribution < 1.29 is 9.72 Å². The van der Waals surface area contributed by atoms with Gasteiger partial charge in [0.2, 0.25) is 5.91 Å². The number of nitro benzene ring substituents is 1. The van der Waals surface area contributed by atoms with Crippen molar-refractivity contribution in [3.63, 3.8) is 0 Å². The molecule has 19 heavy (non-hydrogen) atoms. The average Bonchev–Trinajstić information content (AvgIpc) is 2.43. The number of nitrogens with one attached hydrogen (secondary N) is 1. The van der Waals surface area contributed by atoms with Crippen molar-refractivity contribution >= 4 is 11.6 Å². The molecule has 0 unspecified atom stereocenters. The first-order valence-corrected chi connectivity index (χ1v) is 6.23. The van der Waals surface area contributed by atoms with Crippen LogP contribution in [0.3, 0.4) is 0 Å². The van der Waals surface area contributed by atoms with E-state index in [2.05, 4.69) is 5.32 Å². The summed E-state index contributed by atoms with van der Waals surface area (Å²) in [4.78, 5) is 22.2. The molecule has 1 aromatic carbocycles. The third-order valence-electron chi connectivity index (χ3n) is 3.20. The van der Waals surface area contributed by atoms with Crippen LogP contribution in [0.25, 0.3) is 0 Å². The molecule has 6 heteroatoms. The third kappa shape index (κ3) is 4.03. The van der Waals surface area contributed by atoms with E-state index in [0.29, 0.717) is 5.56 Å². The molecule has 0 aliphatic heterocycles. The number of carbonyl (C=O) groups is 1. The Bertz CT molecular complexity index is 462. The molecule has 0 aromatic heterocycles. The van der Waals surface area contributed by atoms with Gasteiger partial charge in [-0.15, -0.1) is 0 Å². The number of carbonyl (C=O) groups excluding carboxylic acids is 1. The molecule has 0 bridgehead atoms. The minimum Gasteiger partial charge on any atom is -0.350 e. The van der Waals surface area contributed by atoms with Gasteiger partial charge in [0.15, 0.2) is 0 Å². The fourth-order valence-corrected chi connectivity index (χ4v) is 1.65. The minimum absolute atomic E-state index is 0.0000820. The molecule has 6 nitrogen and oxygen atoms in total. The minimum atomic E-state index is -0.590. The molecule has 2 atom stereocenters. The predicted octanol–water partition coefficient (Wildman–Crippen LogP) is 1.58. The zero-order valence-electron chi connectivity index (χ0n) is 11.1. The van der Waals surface area contributed by atoms with Crippen LogP contribution in [-0.4, -0.2) is 16.9 Å². The van der Waals surface area contributed by atoms with Crippen molar-refractivity contribution in [1.29, 1.82) is 0 Å². The zero-order chi connectivity index (χ0) is 14.4. The fourth-order valence-electron chi connectivity index (χ4n) is 1.65. The van der Waals surface area contributed by atoms with Gasteiger partial charge in [0, 0.05) is 18.2 Å². The van der Waals surface area contributed by atoms with E-state index in [1.165, 1.54) is 6.07 Å². The van der Waals surface area contributed by atoms with E-state index in [1.807, 2.05) is 13.8 Å². The van der Waals surface area contributed by atoms with E-state index in [-0.39, 0.29) is 24.1 Å². The van der Waals surface area contributed by atoms with Gasteiger partial charge in [-0.1, -0.05) is 38.5 Å². The Morgan fingerprint density at radius 2 is 2.11 bits per heavy atom. The Morgan fingerprint density at radius 3 is 2.68 bits per heavy atom. The van der Waals surface area contributed by atoms with Gasteiger partial charge < -0.3 is 11.1 Å². The topological polar surface area (TPSA) is 98.3 Å². The second-order valence-corrected chi connectivity index (χ2v) is 4.51. The third-order valence-corrected chi connectivity index (χ3v) is 3.20. The average molecular weight is 265 g/mol. The smallest absolute Gasteiger partial charge is 0.274 e. The molecule has 0 aliphatic rings. The van der Waals surface area contributed by atoms with Gasteiger partial charge >= 0.3 is 0 Å². The maximum atomic E-state index is 11.8. The monoisotopic (exact) mass is 265 g/mol. The maximum Gasteiger partial charge on any atom is 0.274 e. The quantitative estimate of drug-likeness (QED) is 0.602. The highest BCUT2D eigenvalue weighted by Gasteiger charge is 2.20. The molecule has 0 radical (unpaired) electrons. The molecule has 104 valence electrons. The van der Waals surface area contributed by atoms with Crippen LogP contribution in [0.15, 0.2) is 24.3 Å². The number of para-hydroxylation sites is 1. The van der Waals surface area contributed by atoms with Crippen LogP contribution in [0.4, 0.5) is 5.69 Å². The van der Waals surface area contributed by atoms with E-state index >= 15 is 0 Å². The Labute approximate surface area is 112 Å². The van der Waals surface area contributed by atoms with Crippen LogP contribution in [0, 0.1) is 16.0 Å². The van der Waals surface area contributed by atoms with E-state index in [4.69, 9.17) is 5.73 Å². The number of rotatable bonds is 6. The lowest BCUT2D eigenvalue weighted by Crippen LogP contribution is -2.44. The van der Waals surface area contributed by atoms with Gasteiger partial charge in [0.05, 0.1) is 11.0 Å². The molecule has 3 N–H and O–H groups in total. The van der Waals surface area contributed by atoms with Crippen molar-refractivity contribution in [2.75, 3.05) is 0 Å². The van der Waals surface area contributed by atoms with Gasteiger partial charge in [0.1, 0.15) is 0 Å². The number of nitro groups is 1. The first-order valence-electron chi connectivity index (χ1n) is 6.23. The predicted molar refractivity (Wildman–Crippen MR) is 72.4 cm³/mol. The van der Waals surface area contributed by atoms with Crippen LogP contribution >= 0.6 is 0 Å². The Kier molecular flexibility index (Phi) is 5.44. The maximum absolute atomic E-state index is 11.8. The summed E-state index contributed by atoms with van der Waals surface area (Å²) in [5.74, 6) is -0.210. The standard InChI is InChI=1S/C13H19N3O3/c1-3-9(2)12(14)13(17)15-8-10-6-4-5-7-11(10)16(18)19/h4-7,9,12H,3,8,14H2,1-2H3,(H,15,17)/t9-,12-/m0/s1. The SMILES string of the molecule is CC[C@H](C)[C@H](N)C(=O)NCc1ccccc1[N+](=O)[O-]. The number of hydrogen-bond acceptors (Lipinski definition) is 4. The molecule has 0 aliphatic carbocycles. The molecular formula is C13H19N3O3. The molecule has 0 heterocycles. The van der Waals surface area contributed by atoms with Gasteiger partial charge in [-0.3, -0.25) is 14.9 Å². The summed E-state index contributed by atoms with van der Waals surface area (Å²) < 4.78 is 0. The van der Waals surface area contributed by atoms with Gasteiger partial charge in [0.25, 0.3) is 5.69 Å². The second kappa shape index (κ2) is 6.84. The highest BCUT2D eigenvalue weighted by Crippen LogP contribution is 2.17. The van der Waals surface area contributed by atoms with Crippen LogP contribution < -0.4 is 11.1 Å². The largest absolute Gasteiger partial charge is 0.350 e. The summed E-state index contributed by atoms with van der Waals surface area (Å²) in [6.45, 7) is 3.97. The zero-order valence-corrected chi connectivity index (χ0v) is 11.1. The summed E-state index contributed by atoms with van der Waals surface area (Å²) in [6, 6.07) is 5.73. The number of hydrogen-bond donors (Lipinski definition) is 2. The Hall–Kier alpha value is -1.95. The summed E-state index contributed by atoms with van der Waals surface area (Å²) >= 11 is 0. The van der Waals surface area contributed by atoms with E-state index in [9.17, 15) is 14.9 Å². The molecule has 0 spiro atoms. The summed E-state index contributed by atoms with van der Waals surface area (Å²) in [5, 5.41) is 13.5. The van der Waals surface area contributed by atoms with Crippen molar-refractivity contribution in [2.24, 2.45) is 11.7 Å². The number of benzene rings is 1. The van der Waals surface area contributed by atoms with Crippen molar-refractivity contribution in [1.82, 2.24) is 5.32 Å². The van der Waals surface area contributed by atoms with Gasteiger partial charge in [-0.25, -0.2) is 0 Å². The number of amides is 1. The van der Waals surface area contributed by atoms with Gasteiger partial charge in [-0.05, 0) is 5.92 Å². The molecule has 0 saturated heterocycles. The molecule has 1 aromatic rings. The first kappa shape index (κ1) is 15.1. The lowest BCUT2D eigenvalue weighted by Gasteiger charge is -2.17. The highest BCUT2D eigenvalue weighted by atomic mass is 16.6. The lowest BCUT2D eigenvalue weighted by atomic mass is 9.99. The van der Waals surface area contributed by atoms with Crippen molar-refractivity contribution in [3.8, 4) is 0 Å². The number of nitrogens with zero attached hydrogens (tertiary/aromatic N) is 1. The normalized spacial score (nSPS) is 13.6. The Morgan fingerprint density at radius 1 is 1.47 bits per heavy atom. The molecule has 1 amide bonds.